The Hall–Kier alpha value is -0.900. The Morgan fingerprint density at radius 2 is 1.87 bits per heavy atom. The molecule has 0 unspecified atom stereocenters. The third-order valence-corrected chi connectivity index (χ3v) is 2.05. The number of rotatable bonds is 4. The summed E-state index contributed by atoms with van der Waals surface area (Å²) in [5, 5.41) is 0. The van der Waals surface area contributed by atoms with Crippen molar-refractivity contribution in [1.82, 2.24) is 0 Å². The number of hydrogen-bond acceptors (Lipinski definition) is 1. The zero-order valence-electron chi connectivity index (χ0n) is 7.85. The number of halogens is 4. The molecule has 0 atom stereocenters. The molecule has 84 valence electrons. The average Bonchev–Trinajstić information content (AvgIpc) is 2.16. The van der Waals surface area contributed by atoms with Gasteiger partial charge in [0, 0.05) is 5.56 Å². The fourth-order valence-corrected chi connectivity index (χ4v) is 1.25. The van der Waals surface area contributed by atoms with Crippen LogP contribution in [0.25, 0.3) is 0 Å². The fourth-order valence-electron chi connectivity index (χ4n) is 1.03. The second kappa shape index (κ2) is 5.26. The smallest absolute Gasteiger partial charge is 0.392 e. The molecule has 0 aliphatic rings. The van der Waals surface area contributed by atoms with Crippen LogP contribution in [0.5, 0.6) is 5.75 Å². The van der Waals surface area contributed by atoms with Crippen molar-refractivity contribution in [1.29, 1.82) is 0 Å². The van der Waals surface area contributed by atoms with Crippen molar-refractivity contribution in [3.05, 3.63) is 29.8 Å². The molecule has 1 nitrogen and oxygen atoms in total. The van der Waals surface area contributed by atoms with Gasteiger partial charge in [0.15, 0.2) is 0 Å². The van der Waals surface area contributed by atoms with E-state index in [9.17, 15) is 13.2 Å². The summed E-state index contributed by atoms with van der Waals surface area (Å²) in [6, 6.07) is 6.78. The molecule has 1 rings (SSSR count). The van der Waals surface area contributed by atoms with E-state index in [-0.39, 0.29) is 12.5 Å². The fraction of sp³-hybridized carbons (Fsp3) is 0.400. The molecular formula is C10H10ClF3O. The summed E-state index contributed by atoms with van der Waals surface area (Å²) >= 11 is 5.60. The summed E-state index contributed by atoms with van der Waals surface area (Å²) in [7, 11) is 0. The van der Waals surface area contributed by atoms with Crippen LogP contribution in [0.2, 0.25) is 0 Å². The van der Waals surface area contributed by atoms with E-state index in [1.807, 2.05) is 0 Å². The van der Waals surface area contributed by atoms with E-state index in [2.05, 4.69) is 0 Å². The molecule has 0 saturated heterocycles. The van der Waals surface area contributed by atoms with Crippen LogP contribution in [0, 0.1) is 0 Å². The second-order valence-corrected chi connectivity index (χ2v) is 3.22. The second-order valence-electron chi connectivity index (χ2n) is 2.95. The lowest BCUT2D eigenvalue weighted by Gasteiger charge is -2.10. The Balaban J connectivity index is 2.50. The van der Waals surface area contributed by atoms with Crippen LogP contribution in [0.4, 0.5) is 13.2 Å². The summed E-state index contributed by atoms with van der Waals surface area (Å²) in [6.45, 7) is -0.378. The Kier molecular flexibility index (Phi) is 4.27. The van der Waals surface area contributed by atoms with Crippen molar-refractivity contribution >= 4 is 11.6 Å². The highest BCUT2D eigenvalue weighted by atomic mass is 35.5. The van der Waals surface area contributed by atoms with Crippen molar-refractivity contribution in [2.75, 3.05) is 6.61 Å². The number of para-hydroxylation sites is 1. The van der Waals surface area contributed by atoms with Crippen molar-refractivity contribution in [2.24, 2.45) is 0 Å². The van der Waals surface area contributed by atoms with E-state index in [0.29, 0.717) is 11.3 Å². The van der Waals surface area contributed by atoms with Gasteiger partial charge < -0.3 is 4.74 Å². The van der Waals surface area contributed by atoms with Gasteiger partial charge in [-0.3, -0.25) is 0 Å². The molecule has 0 bridgehead atoms. The van der Waals surface area contributed by atoms with Crippen molar-refractivity contribution in [3.63, 3.8) is 0 Å². The minimum Gasteiger partial charge on any atom is -0.493 e. The van der Waals surface area contributed by atoms with Crippen LogP contribution in [0.15, 0.2) is 24.3 Å². The highest BCUT2D eigenvalue weighted by Gasteiger charge is 2.26. The van der Waals surface area contributed by atoms with E-state index in [1.165, 1.54) is 0 Å². The number of alkyl halides is 4. The summed E-state index contributed by atoms with van der Waals surface area (Å²) in [5.74, 6) is 0.638. The topological polar surface area (TPSA) is 9.23 Å². The molecular weight excluding hydrogens is 229 g/mol. The van der Waals surface area contributed by atoms with E-state index < -0.39 is 12.6 Å². The van der Waals surface area contributed by atoms with Crippen molar-refractivity contribution < 1.29 is 17.9 Å². The standard InChI is InChI=1S/C10H10ClF3O/c11-7-8-3-1-2-4-9(8)15-6-5-10(12,13)14/h1-4H,5-7H2. The first kappa shape index (κ1) is 12.2. The van der Waals surface area contributed by atoms with Gasteiger partial charge in [-0.05, 0) is 6.07 Å². The Bertz CT molecular complexity index is 312. The van der Waals surface area contributed by atoms with Crippen molar-refractivity contribution in [2.45, 2.75) is 18.5 Å². The summed E-state index contributed by atoms with van der Waals surface area (Å²) in [6.07, 6.45) is -5.14. The molecule has 1 aromatic carbocycles. The molecule has 0 fully saturated rings. The Morgan fingerprint density at radius 3 is 2.47 bits per heavy atom. The molecule has 0 aliphatic heterocycles. The van der Waals surface area contributed by atoms with Crippen LogP contribution in [-0.2, 0) is 5.88 Å². The van der Waals surface area contributed by atoms with Gasteiger partial charge in [-0.15, -0.1) is 11.6 Å². The highest BCUT2D eigenvalue weighted by molar-refractivity contribution is 6.17. The number of hydrogen-bond donors (Lipinski definition) is 0. The van der Waals surface area contributed by atoms with Gasteiger partial charge in [0.05, 0.1) is 18.9 Å². The largest absolute Gasteiger partial charge is 0.493 e. The minimum absolute atomic E-state index is 0.224. The Labute approximate surface area is 90.8 Å². The molecule has 15 heavy (non-hydrogen) atoms. The molecule has 0 aliphatic carbocycles. The molecule has 0 aromatic heterocycles. The van der Waals surface area contributed by atoms with Gasteiger partial charge in [-0.2, -0.15) is 13.2 Å². The quantitative estimate of drug-likeness (QED) is 0.726. The third kappa shape index (κ3) is 4.42. The predicted molar refractivity (Wildman–Crippen MR) is 52.2 cm³/mol. The van der Waals surface area contributed by atoms with Gasteiger partial charge >= 0.3 is 6.18 Å². The SMILES string of the molecule is FC(F)(F)CCOc1ccccc1CCl. The molecule has 0 radical (unpaired) electrons. The Morgan fingerprint density at radius 1 is 1.20 bits per heavy atom. The van der Waals surface area contributed by atoms with Crippen LogP contribution in [-0.4, -0.2) is 12.8 Å². The lowest BCUT2D eigenvalue weighted by atomic mass is 10.2. The summed E-state index contributed by atoms with van der Waals surface area (Å²) in [4.78, 5) is 0. The van der Waals surface area contributed by atoms with Gasteiger partial charge in [0.25, 0.3) is 0 Å². The number of ether oxygens (including phenoxy) is 1. The van der Waals surface area contributed by atoms with Crippen LogP contribution < -0.4 is 4.74 Å². The van der Waals surface area contributed by atoms with Crippen LogP contribution in [0.1, 0.15) is 12.0 Å². The third-order valence-electron chi connectivity index (χ3n) is 1.76. The highest BCUT2D eigenvalue weighted by Crippen LogP contribution is 2.23. The maximum absolute atomic E-state index is 11.8. The lowest BCUT2D eigenvalue weighted by molar-refractivity contribution is -0.139. The first-order valence-electron chi connectivity index (χ1n) is 4.36. The molecule has 1 aromatic rings. The van der Waals surface area contributed by atoms with E-state index >= 15 is 0 Å². The van der Waals surface area contributed by atoms with Crippen LogP contribution in [0.3, 0.4) is 0 Å². The maximum Gasteiger partial charge on any atom is 0.392 e. The van der Waals surface area contributed by atoms with Gasteiger partial charge in [0.2, 0.25) is 0 Å². The van der Waals surface area contributed by atoms with E-state index in [4.69, 9.17) is 16.3 Å². The van der Waals surface area contributed by atoms with E-state index in [1.54, 1.807) is 24.3 Å². The molecule has 0 N–H and O–H groups in total. The first-order valence-corrected chi connectivity index (χ1v) is 4.90. The zero-order chi connectivity index (χ0) is 11.3. The molecule has 0 heterocycles. The van der Waals surface area contributed by atoms with Gasteiger partial charge in [-0.25, -0.2) is 0 Å². The average molecular weight is 239 g/mol. The van der Waals surface area contributed by atoms with E-state index in [0.717, 1.165) is 0 Å². The van der Waals surface area contributed by atoms with Gasteiger partial charge in [-0.1, -0.05) is 18.2 Å². The summed E-state index contributed by atoms with van der Waals surface area (Å²) in [5.41, 5.74) is 0.696. The molecule has 0 spiro atoms. The minimum atomic E-state index is -4.18. The lowest BCUT2D eigenvalue weighted by Crippen LogP contribution is -2.13. The monoisotopic (exact) mass is 238 g/mol. The molecule has 0 saturated carbocycles. The van der Waals surface area contributed by atoms with Crippen molar-refractivity contribution in [3.8, 4) is 5.75 Å². The molecule has 0 amide bonds. The normalized spacial score (nSPS) is 11.5. The van der Waals surface area contributed by atoms with Crippen LogP contribution >= 0.6 is 11.6 Å². The zero-order valence-corrected chi connectivity index (χ0v) is 8.61. The summed E-state index contributed by atoms with van der Waals surface area (Å²) < 4.78 is 40.5. The first-order chi connectivity index (χ1) is 7.03. The molecule has 5 heteroatoms. The number of benzene rings is 1. The maximum atomic E-state index is 11.8. The van der Waals surface area contributed by atoms with Gasteiger partial charge in [0.1, 0.15) is 5.75 Å². The predicted octanol–water partition coefficient (Wildman–Crippen LogP) is 3.76.